The van der Waals surface area contributed by atoms with Gasteiger partial charge in [0.25, 0.3) is 0 Å². The minimum atomic E-state index is -0.469. The van der Waals surface area contributed by atoms with Crippen LogP contribution in [-0.4, -0.2) is 25.6 Å². The molecule has 0 aliphatic heterocycles. The summed E-state index contributed by atoms with van der Waals surface area (Å²) in [7, 11) is 1.34. The van der Waals surface area contributed by atoms with Crippen LogP contribution in [0.2, 0.25) is 0 Å². The van der Waals surface area contributed by atoms with Crippen molar-refractivity contribution in [3.8, 4) is 16.9 Å². The first-order valence-corrected chi connectivity index (χ1v) is 12.1. The van der Waals surface area contributed by atoms with Crippen LogP contribution >= 0.6 is 27.3 Å². The van der Waals surface area contributed by atoms with E-state index in [9.17, 15) is 9.59 Å². The van der Waals surface area contributed by atoms with Crippen LogP contribution in [0.4, 0.5) is 5.00 Å². The predicted molar refractivity (Wildman–Crippen MR) is 133 cm³/mol. The quantitative estimate of drug-likeness (QED) is 0.256. The second-order valence-electron chi connectivity index (χ2n) is 7.33. The van der Waals surface area contributed by atoms with Crippen LogP contribution in [0.15, 0.2) is 52.3 Å². The highest BCUT2D eigenvalue weighted by molar-refractivity contribution is 9.10. The van der Waals surface area contributed by atoms with E-state index in [2.05, 4.69) is 28.2 Å². The maximum absolute atomic E-state index is 12.5. The summed E-state index contributed by atoms with van der Waals surface area (Å²) >= 11 is 4.81. The number of hydrogen-bond donors (Lipinski definition) is 1. The van der Waals surface area contributed by atoms with Crippen LogP contribution in [0.25, 0.3) is 11.1 Å². The third-order valence-electron chi connectivity index (χ3n) is 5.00. The molecule has 32 heavy (non-hydrogen) atoms. The molecule has 0 radical (unpaired) electrons. The second kappa shape index (κ2) is 11.3. The van der Waals surface area contributed by atoms with Crippen molar-refractivity contribution in [1.82, 2.24) is 0 Å². The number of esters is 1. The molecule has 1 aromatic heterocycles. The lowest BCUT2D eigenvalue weighted by Gasteiger charge is -2.10. The lowest BCUT2D eigenvalue weighted by atomic mass is 10.0. The summed E-state index contributed by atoms with van der Waals surface area (Å²) in [6.45, 7) is 4.52. The Kier molecular flexibility index (Phi) is 8.47. The zero-order valence-electron chi connectivity index (χ0n) is 18.4. The summed E-state index contributed by atoms with van der Waals surface area (Å²) in [6.07, 6.45) is 1.78. The number of ether oxygens (including phenoxy) is 2. The van der Waals surface area contributed by atoms with Crippen LogP contribution < -0.4 is 10.1 Å². The monoisotopic (exact) mass is 515 g/mol. The van der Waals surface area contributed by atoms with Crippen LogP contribution in [-0.2, 0) is 16.0 Å². The van der Waals surface area contributed by atoms with Crippen molar-refractivity contribution >= 4 is 44.1 Å². The standard InChI is InChI=1S/C25H26BrNO4S/c1-4-17-8-10-18(11-9-17)19-15-32-24(23(19)25(29)30-3)27-22(28)6-5-13-31-21-12-7-16(2)14-20(21)26/h7-12,14-15H,4-6,13H2,1-3H3,(H,27,28). The Bertz CT molecular complexity index is 1090. The van der Waals surface area contributed by atoms with E-state index in [-0.39, 0.29) is 12.3 Å². The summed E-state index contributed by atoms with van der Waals surface area (Å²) in [5.41, 5.74) is 4.41. The van der Waals surface area contributed by atoms with Gasteiger partial charge in [0.2, 0.25) is 5.91 Å². The van der Waals surface area contributed by atoms with Gasteiger partial charge < -0.3 is 14.8 Å². The Balaban J connectivity index is 1.63. The molecule has 0 fully saturated rings. The highest BCUT2D eigenvalue weighted by atomic mass is 79.9. The average Bonchev–Trinajstić information content (AvgIpc) is 3.20. The van der Waals surface area contributed by atoms with Gasteiger partial charge in [-0.3, -0.25) is 4.79 Å². The number of halogens is 1. The lowest BCUT2D eigenvalue weighted by molar-refractivity contribution is -0.116. The van der Waals surface area contributed by atoms with Gasteiger partial charge in [-0.05, 0) is 64.5 Å². The van der Waals surface area contributed by atoms with Gasteiger partial charge in [0.15, 0.2) is 0 Å². The van der Waals surface area contributed by atoms with Crippen LogP contribution in [0.1, 0.15) is 41.3 Å². The molecular weight excluding hydrogens is 490 g/mol. The van der Waals surface area contributed by atoms with Crippen molar-refractivity contribution in [2.75, 3.05) is 19.0 Å². The maximum atomic E-state index is 12.5. The number of carbonyl (C=O) groups is 2. The molecule has 0 spiro atoms. The summed E-state index contributed by atoms with van der Waals surface area (Å²) in [5, 5.41) is 5.24. The number of nitrogens with one attached hydrogen (secondary N) is 1. The van der Waals surface area contributed by atoms with Gasteiger partial charge in [0.05, 0.1) is 18.2 Å². The highest BCUT2D eigenvalue weighted by Crippen LogP contribution is 2.36. The van der Waals surface area contributed by atoms with Crippen LogP contribution in [0, 0.1) is 6.92 Å². The minimum absolute atomic E-state index is 0.170. The number of hydrogen-bond acceptors (Lipinski definition) is 5. The maximum Gasteiger partial charge on any atom is 0.341 e. The van der Waals surface area contributed by atoms with E-state index >= 15 is 0 Å². The van der Waals surface area contributed by atoms with Gasteiger partial charge in [-0.25, -0.2) is 4.79 Å². The molecule has 168 valence electrons. The van der Waals surface area contributed by atoms with Gasteiger partial charge in [-0.15, -0.1) is 11.3 Å². The van der Waals surface area contributed by atoms with Crippen molar-refractivity contribution in [2.45, 2.75) is 33.1 Å². The fraction of sp³-hybridized carbons (Fsp3) is 0.280. The topological polar surface area (TPSA) is 64.6 Å². The number of methoxy groups -OCH3 is 1. The molecule has 0 aliphatic rings. The molecule has 1 heterocycles. The Morgan fingerprint density at radius 2 is 1.88 bits per heavy atom. The van der Waals surface area contributed by atoms with Crippen molar-refractivity contribution in [3.05, 3.63) is 69.0 Å². The molecule has 3 rings (SSSR count). The van der Waals surface area contributed by atoms with Crippen molar-refractivity contribution in [1.29, 1.82) is 0 Å². The summed E-state index contributed by atoms with van der Waals surface area (Å²) in [5.74, 6) is 0.112. The molecule has 7 heteroatoms. The normalized spacial score (nSPS) is 10.6. The fourth-order valence-corrected chi connectivity index (χ4v) is 4.80. The first kappa shape index (κ1) is 24.0. The molecule has 1 amide bonds. The SMILES string of the molecule is CCc1ccc(-c2csc(NC(=O)CCCOc3ccc(C)cc3Br)c2C(=O)OC)cc1. The third-order valence-corrected chi connectivity index (χ3v) is 6.51. The number of aryl methyl sites for hydroxylation is 2. The van der Waals surface area contributed by atoms with Crippen molar-refractivity contribution in [2.24, 2.45) is 0 Å². The number of anilines is 1. The summed E-state index contributed by atoms with van der Waals surface area (Å²) in [6, 6.07) is 13.9. The molecule has 0 saturated heterocycles. The van der Waals surface area contributed by atoms with E-state index in [1.165, 1.54) is 24.0 Å². The molecule has 0 atom stereocenters. The van der Waals surface area contributed by atoms with E-state index in [0.717, 1.165) is 33.3 Å². The first-order chi connectivity index (χ1) is 15.4. The molecule has 0 bridgehead atoms. The average molecular weight is 516 g/mol. The molecule has 0 saturated carbocycles. The van der Waals surface area contributed by atoms with Gasteiger partial charge in [0, 0.05) is 17.4 Å². The Morgan fingerprint density at radius 3 is 2.53 bits per heavy atom. The molecular formula is C25H26BrNO4S. The zero-order valence-corrected chi connectivity index (χ0v) is 20.8. The van der Waals surface area contributed by atoms with E-state index in [0.29, 0.717) is 23.6 Å². The fourth-order valence-electron chi connectivity index (χ4n) is 3.21. The summed E-state index contributed by atoms with van der Waals surface area (Å²) in [4.78, 5) is 25.0. The van der Waals surface area contributed by atoms with Gasteiger partial charge in [0.1, 0.15) is 16.3 Å². The molecule has 1 N–H and O–H groups in total. The molecule has 5 nitrogen and oxygen atoms in total. The number of amides is 1. The number of rotatable bonds is 9. The first-order valence-electron chi connectivity index (χ1n) is 10.4. The molecule has 2 aromatic carbocycles. The van der Waals surface area contributed by atoms with Gasteiger partial charge in [-0.2, -0.15) is 0 Å². The molecule has 0 aliphatic carbocycles. The molecule has 3 aromatic rings. The molecule has 0 unspecified atom stereocenters. The van der Waals surface area contributed by atoms with E-state index in [4.69, 9.17) is 9.47 Å². The van der Waals surface area contributed by atoms with Gasteiger partial charge in [-0.1, -0.05) is 37.3 Å². The Morgan fingerprint density at radius 1 is 1.12 bits per heavy atom. The smallest absolute Gasteiger partial charge is 0.341 e. The number of thiophene rings is 1. The van der Waals surface area contributed by atoms with Gasteiger partial charge >= 0.3 is 5.97 Å². The third kappa shape index (κ3) is 5.99. The lowest BCUT2D eigenvalue weighted by Crippen LogP contribution is -2.15. The minimum Gasteiger partial charge on any atom is -0.492 e. The van der Waals surface area contributed by atoms with Crippen LogP contribution in [0.3, 0.4) is 0 Å². The van der Waals surface area contributed by atoms with E-state index < -0.39 is 5.97 Å². The van der Waals surface area contributed by atoms with Crippen molar-refractivity contribution in [3.63, 3.8) is 0 Å². The van der Waals surface area contributed by atoms with Crippen molar-refractivity contribution < 1.29 is 19.1 Å². The largest absolute Gasteiger partial charge is 0.492 e. The Hall–Kier alpha value is -2.64. The van der Waals surface area contributed by atoms with E-state index in [1.807, 2.05) is 54.8 Å². The zero-order chi connectivity index (χ0) is 23.1. The number of benzene rings is 2. The summed E-state index contributed by atoms with van der Waals surface area (Å²) < 4.78 is 11.6. The predicted octanol–water partition coefficient (Wildman–Crippen LogP) is 6.63. The van der Waals surface area contributed by atoms with Crippen LogP contribution in [0.5, 0.6) is 5.75 Å². The number of carbonyl (C=O) groups excluding carboxylic acids is 2. The Labute approximate surface area is 200 Å². The highest BCUT2D eigenvalue weighted by Gasteiger charge is 2.22. The second-order valence-corrected chi connectivity index (χ2v) is 9.06. The van der Waals surface area contributed by atoms with E-state index in [1.54, 1.807) is 0 Å².